The lowest BCUT2D eigenvalue weighted by Crippen LogP contribution is -2.59. The van der Waals surface area contributed by atoms with Gasteiger partial charge in [-0.2, -0.15) is 0 Å². The summed E-state index contributed by atoms with van der Waals surface area (Å²) >= 11 is 6.06. The van der Waals surface area contributed by atoms with Crippen molar-refractivity contribution < 1.29 is 9.59 Å². The number of carbonyl (C=O) groups is 2. The van der Waals surface area contributed by atoms with E-state index in [2.05, 4.69) is 16.7 Å². The van der Waals surface area contributed by atoms with Gasteiger partial charge in [-0.3, -0.25) is 14.5 Å². The van der Waals surface area contributed by atoms with Gasteiger partial charge in [-0.05, 0) is 55.7 Å². The minimum Gasteiger partial charge on any atom is -0.341 e. The fourth-order valence-electron chi connectivity index (χ4n) is 5.35. The summed E-state index contributed by atoms with van der Waals surface area (Å²) in [5, 5.41) is 0.585. The highest BCUT2D eigenvalue weighted by Crippen LogP contribution is 2.33. The van der Waals surface area contributed by atoms with Crippen LogP contribution >= 0.6 is 11.6 Å². The van der Waals surface area contributed by atoms with E-state index < -0.39 is 0 Å². The molecule has 2 heterocycles. The van der Waals surface area contributed by atoms with Crippen LogP contribution in [0.15, 0.2) is 24.3 Å². The molecular weight excluding hydrogens is 398 g/mol. The lowest BCUT2D eigenvalue weighted by atomic mass is 9.92. The number of rotatable bonds is 4. The van der Waals surface area contributed by atoms with Crippen molar-refractivity contribution in [3.63, 3.8) is 0 Å². The van der Waals surface area contributed by atoms with Gasteiger partial charge in [0.15, 0.2) is 0 Å². The summed E-state index contributed by atoms with van der Waals surface area (Å²) in [6.45, 7) is 6.95. The number of piperidine rings is 1. The third kappa shape index (κ3) is 4.83. The molecule has 2 amide bonds. The first-order valence-electron chi connectivity index (χ1n) is 11.6. The SMILES string of the molecule is CC1CCN(C(=O)C(C2CCCC2)N2CCN(C(=O)c3cccc(Cl)c3)CC2)CC1. The molecule has 1 unspecified atom stereocenters. The zero-order chi connectivity index (χ0) is 21.1. The van der Waals surface area contributed by atoms with Crippen molar-refractivity contribution in [3.8, 4) is 0 Å². The van der Waals surface area contributed by atoms with Gasteiger partial charge >= 0.3 is 0 Å². The minimum absolute atomic E-state index is 0.00988. The lowest BCUT2D eigenvalue weighted by molar-refractivity contribution is -0.141. The van der Waals surface area contributed by atoms with Crippen molar-refractivity contribution in [3.05, 3.63) is 34.9 Å². The highest BCUT2D eigenvalue weighted by molar-refractivity contribution is 6.30. The number of amides is 2. The Balaban J connectivity index is 1.41. The fraction of sp³-hybridized carbons (Fsp3) is 0.667. The third-order valence-electron chi connectivity index (χ3n) is 7.26. The van der Waals surface area contributed by atoms with Gasteiger partial charge in [0.05, 0.1) is 6.04 Å². The van der Waals surface area contributed by atoms with Crippen LogP contribution in [0.5, 0.6) is 0 Å². The minimum atomic E-state index is -0.00988. The second-order valence-electron chi connectivity index (χ2n) is 9.34. The smallest absolute Gasteiger partial charge is 0.253 e. The van der Waals surface area contributed by atoms with Gasteiger partial charge in [-0.15, -0.1) is 0 Å². The quantitative estimate of drug-likeness (QED) is 0.725. The van der Waals surface area contributed by atoms with Crippen LogP contribution in [0.2, 0.25) is 5.02 Å². The molecule has 1 aromatic carbocycles. The Hall–Kier alpha value is -1.59. The Morgan fingerprint density at radius 2 is 1.60 bits per heavy atom. The molecule has 1 saturated carbocycles. The fourth-order valence-corrected chi connectivity index (χ4v) is 5.54. The number of hydrogen-bond acceptors (Lipinski definition) is 3. The van der Waals surface area contributed by atoms with E-state index in [1.54, 1.807) is 12.1 Å². The average molecular weight is 432 g/mol. The Kier molecular flexibility index (Phi) is 6.99. The van der Waals surface area contributed by atoms with Gasteiger partial charge in [0.1, 0.15) is 0 Å². The highest BCUT2D eigenvalue weighted by atomic mass is 35.5. The molecule has 3 aliphatic rings. The van der Waals surface area contributed by atoms with Crippen LogP contribution in [0.1, 0.15) is 55.8 Å². The largest absolute Gasteiger partial charge is 0.341 e. The molecule has 2 aliphatic heterocycles. The molecule has 2 saturated heterocycles. The predicted octanol–water partition coefficient (Wildman–Crippen LogP) is 3.92. The Morgan fingerprint density at radius 3 is 2.23 bits per heavy atom. The molecule has 6 heteroatoms. The van der Waals surface area contributed by atoms with E-state index in [0.29, 0.717) is 35.5 Å². The number of piperazine rings is 1. The van der Waals surface area contributed by atoms with E-state index in [9.17, 15) is 9.59 Å². The first kappa shape index (κ1) is 21.6. The van der Waals surface area contributed by atoms with Gasteiger partial charge in [0.2, 0.25) is 5.91 Å². The van der Waals surface area contributed by atoms with E-state index in [1.807, 2.05) is 17.0 Å². The molecule has 1 aromatic rings. The van der Waals surface area contributed by atoms with Crippen LogP contribution in [-0.2, 0) is 4.79 Å². The monoisotopic (exact) mass is 431 g/mol. The lowest BCUT2D eigenvalue weighted by Gasteiger charge is -2.43. The maximum absolute atomic E-state index is 13.6. The molecule has 5 nitrogen and oxygen atoms in total. The van der Waals surface area contributed by atoms with E-state index in [-0.39, 0.29) is 11.9 Å². The third-order valence-corrected chi connectivity index (χ3v) is 7.50. The van der Waals surface area contributed by atoms with Gasteiger partial charge < -0.3 is 9.80 Å². The van der Waals surface area contributed by atoms with Crippen molar-refractivity contribution in [1.82, 2.24) is 14.7 Å². The van der Waals surface area contributed by atoms with E-state index in [4.69, 9.17) is 11.6 Å². The number of carbonyl (C=O) groups excluding carboxylic acids is 2. The summed E-state index contributed by atoms with van der Waals surface area (Å²) in [6.07, 6.45) is 7.01. The molecule has 164 valence electrons. The summed E-state index contributed by atoms with van der Waals surface area (Å²) in [4.78, 5) is 32.8. The Bertz CT molecular complexity index is 749. The van der Waals surface area contributed by atoms with Crippen LogP contribution in [0, 0.1) is 11.8 Å². The molecule has 0 spiro atoms. The maximum Gasteiger partial charge on any atom is 0.253 e. The summed E-state index contributed by atoms with van der Waals surface area (Å²) in [5.74, 6) is 1.56. The molecule has 0 radical (unpaired) electrons. The van der Waals surface area contributed by atoms with E-state index in [1.165, 1.54) is 12.8 Å². The normalized spacial score (nSPS) is 23.0. The zero-order valence-corrected chi connectivity index (χ0v) is 18.8. The first-order valence-corrected chi connectivity index (χ1v) is 12.0. The first-order chi connectivity index (χ1) is 14.5. The van der Waals surface area contributed by atoms with Crippen LogP contribution in [0.25, 0.3) is 0 Å². The van der Waals surface area contributed by atoms with Crippen LogP contribution in [0.3, 0.4) is 0 Å². The van der Waals surface area contributed by atoms with E-state index in [0.717, 1.165) is 57.8 Å². The van der Waals surface area contributed by atoms with Crippen LogP contribution in [-0.4, -0.2) is 71.8 Å². The summed E-state index contributed by atoms with van der Waals surface area (Å²) in [6, 6.07) is 7.15. The van der Waals surface area contributed by atoms with Crippen molar-refractivity contribution in [2.45, 2.75) is 51.5 Å². The second-order valence-corrected chi connectivity index (χ2v) is 9.77. The Labute approximate surface area is 185 Å². The molecule has 0 N–H and O–H groups in total. The molecule has 30 heavy (non-hydrogen) atoms. The highest BCUT2D eigenvalue weighted by Gasteiger charge is 2.39. The Morgan fingerprint density at radius 1 is 0.933 bits per heavy atom. The van der Waals surface area contributed by atoms with Gasteiger partial charge in [-0.1, -0.05) is 37.4 Å². The molecule has 3 fully saturated rings. The van der Waals surface area contributed by atoms with Gasteiger partial charge in [0, 0.05) is 49.9 Å². The standard InChI is InChI=1S/C24H34ClN3O2/c1-18-9-11-27(12-10-18)24(30)22(19-5-2-3-6-19)26-13-15-28(16-14-26)23(29)20-7-4-8-21(25)17-20/h4,7-8,17-19,22H,2-3,5-6,9-16H2,1H3. The van der Waals surface area contributed by atoms with Crippen molar-refractivity contribution >= 4 is 23.4 Å². The topological polar surface area (TPSA) is 43.9 Å². The van der Waals surface area contributed by atoms with Gasteiger partial charge in [-0.25, -0.2) is 0 Å². The number of nitrogens with zero attached hydrogens (tertiary/aromatic N) is 3. The van der Waals surface area contributed by atoms with Crippen LogP contribution < -0.4 is 0 Å². The molecule has 1 aliphatic carbocycles. The second kappa shape index (κ2) is 9.69. The van der Waals surface area contributed by atoms with Crippen molar-refractivity contribution in [2.75, 3.05) is 39.3 Å². The van der Waals surface area contributed by atoms with Crippen LogP contribution in [0.4, 0.5) is 0 Å². The number of halogens is 1. The van der Waals surface area contributed by atoms with Crippen molar-refractivity contribution in [2.24, 2.45) is 11.8 Å². The molecule has 4 rings (SSSR count). The molecule has 1 atom stereocenters. The summed E-state index contributed by atoms with van der Waals surface area (Å²) in [7, 11) is 0. The van der Waals surface area contributed by atoms with Crippen molar-refractivity contribution in [1.29, 1.82) is 0 Å². The van der Waals surface area contributed by atoms with E-state index >= 15 is 0 Å². The number of likely N-dealkylation sites (tertiary alicyclic amines) is 1. The summed E-state index contributed by atoms with van der Waals surface area (Å²) < 4.78 is 0. The predicted molar refractivity (Wildman–Crippen MR) is 120 cm³/mol. The van der Waals surface area contributed by atoms with Gasteiger partial charge in [0.25, 0.3) is 5.91 Å². The maximum atomic E-state index is 13.6. The molecular formula is C24H34ClN3O2. The zero-order valence-electron chi connectivity index (χ0n) is 18.1. The molecule has 0 aromatic heterocycles. The molecule has 0 bridgehead atoms. The average Bonchev–Trinajstić information content (AvgIpc) is 3.29. The summed E-state index contributed by atoms with van der Waals surface area (Å²) in [5.41, 5.74) is 0.641. The number of benzene rings is 1. The number of hydrogen-bond donors (Lipinski definition) is 0.